The van der Waals surface area contributed by atoms with E-state index in [0.717, 1.165) is 22.2 Å². The van der Waals surface area contributed by atoms with E-state index in [9.17, 15) is 9.59 Å². The van der Waals surface area contributed by atoms with Crippen LogP contribution in [0.25, 0.3) is 10.9 Å². The first-order valence-electron chi connectivity index (χ1n) is 7.62. The Morgan fingerprint density at radius 2 is 1.79 bits per heavy atom. The fourth-order valence-corrected chi connectivity index (χ4v) is 2.61. The van der Waals surface area contributed by atoms with E-state index in [1.165, 1.54) is 0 Å². The molecule has 122 valence electrons. The third kappa shape index (κ3) is 3.12. The largest absolute Gasteiger partial charge is 0.343 e. The van der Waals surface area contributed by atoms with E-state index in [-0.39, 0.29) is 18.4 Å². The standard InChI is InChI=1S/C18H18N4O2/c1-11-5-3-6-12(2)16(11)21-15(23)10-19-18(24)14-8-4-7-13-9-20-22-17(13)14/h3-9H,10H2,1-2H3,(H,19,24)(H,20,22)(H,21,23). The average Bonchev–Trinajstić information content (AvgIpc) is 3.04. The van der Waals surface area contributed by atoms with E-state index in [1.807, 2.05) is 38.1 Å². The molecule has 0 radical (unpaired) electrons. The van der Waals surface area contributed by atoms with Crippen molar-refractivity contribution in [2.24, 2.45) is 0 Å². The van der Waals surface area contributed by atoms with Gasteiger partial charge in [0.1, 0.15) is 0 Å². The van der Waals surface area contributed by atoms with Crippen LogP contribution in [0.5, 0.6) is 0 Å². The molecule has 3 rings (SSSR count). The molecule has 0 aliphatic heterocycles. The second-order valence-corrected chi connectivity index (χ2v) is 5.64. The van der Waals surface area contributed by atoms with Crippen LogP contribution in [0.1, 0.15) is 21.5 Å². The molecule has 0 aliphatic rings. The zero-order valence-corrected chi connectivity index (χ0v) is 13.5. The fraction of sp³-hybridized carbons (Fsp3) is 0.167. The summed E-state index contributed by atoms with van der Waals surface area (Å²) in [5.41, 5.74) is 3.87. The summed E-state index contributed by atoms with van der Waals surface area (Å²) in [6.07, 6.45) is 1.65. The fourth-order valence-electron chi connectivity index (χ4n) is 2.61. The minimum atomic E-state index is -0.318. The molecule has 0 saturated heterocycles. The summed E-state index contributed by atoms with van der Waals surface area (Å²) in [6, 6.07) is 11.1. The summed E-state index contributed by atoms with van der Waals surface area (Å²) in [6.45, 7) is 3.76. The molecule has 0 bridgehead atoms. The second-order valence-electron chi connectivity index (χ2n) is 5.64. The van der Waals surface area contributed by atoms with Crippen LogP contribution >= 0.6 is 0 Å². The van der Waals surface area contributed by atoms with Crippen molar-refractivity contribution in [3.8, 4) is 0 Å². The van der Waals surface area contributed by atoms with Crippen LogP contribution in [0.15, 0.2) is 42.6 Å². The number of carbonyl (C=O) groups excluding carboxylic acids is 2. The highest BCUT2D eigenvalue weighted by molar-refractivity contribution is 6.07. The van der Waals surface area contributed by atoms with E-state index in [0.29, 0.717) is 11.1 Å². The summed E-state index contributed by atoms with van der Waals surface area (Å²) in [4.78, 5) is 24.4. The van der Waals surface area contributed by atoms with E-state index in [2.05, 4.69) is 20.8 Å². The van der Waals surface area contributed by atoms with Gasteiger partial charge in [0.15, 0.2) is 0 Å². The summed E-state index contributed by atoms with van der Waals surface area (Å²) in [5, 5.41) is 13.1. The van der Waals surface area contributed by atoms with Gasteiger partial charge in [-0.25, -0.2) is 0 Å². The molecule has 3 aromatic rings. The Kier molecular flexibility index (Phi) is 4.29. The number of amides is 2. The lowest BCUT2D eigenvalue weighted by Gasteiger charge is -2.12. The summed E-state index contributed by atoms with van der Waals surface area (Å²) in [7, 11) is 0. The molecule has 1 aromatic heterocycles. The van der Waals surface area contributed by atoms with Crippen molar-refractivity contribution in [2.75, 3.05) is 11.9 Å². The molecule has 2 amide bonds. The highest BCUT2D eigenvalue weighted by Crippen LogP contribution is 2.19. The minimum Gasteiger partial charge on any atom is -0.343 e. The van der Waals surface area contributed by atoms with Gasteiger partial charge in [0.25, 0.3) is 5.91 Å². The molecule has 0 atom stereocenters. The van der Waals surface area contributed by atoms with Crippen LogP contribution in [0.4, 0.5) is 5.69 Å². The summed E-state index contributed by atoms with van der Waals surface area (Å²) >= 11 is 0. The third-order valence-corrected chi connectivity index (χ3v) is 3.88. The van der Waals surface area contributed by atoms with Gasteiger partial charge in [0.05, 0.1) is 23.8 Å². The molecule has 24 heavy (non-hydrogen) atoms. The molecule has 1 heterocycles. The number of nitrogens with zero attached hydrogens (tertiary/aromatic N) is 1. The lowest BCUT2D eigenvalue weighted by Crippen LogP contribution is -2.33. The van der Waals surface area contributed by atoms with Crippen LogP contribution in [0.3, 0.4) is 0 Å². The van der Waals surface area contributed by atoms with Gasteiger partial charge in [-0.1, -0.05) is 30.3 Å². The average molecular weight is 322 g/mol. The Hall–Kier alpha value is -3.15. The van der Waals surface area contributed by atoms with E-state index in [4.69, 9.17) is 0 Å². The molecular formula is C18H18N4O2. The molecule has 3 N–H and O–H groups in total. The van der Waals surface area contributed by atoms with E-state index < -0.39 is 0 Å². The van der Waals surface area contributed by atoms with Crippen LogP contribution < -0.4 is 10.6 Å². The zero-order chi connectivity index (χ0) is 17.1. The summed E-state index contributed by atoms with van der Waals surface area (Å²) in [5.74, 6) is -0.584. The Morgan fingerprint density at radius 3 is 2.54 bits per heavy atom. The van der Waals surface area contributed by atoms with Gasteiger partial charge >= 0.3 is 0 Å². The first-order valence-corrected chi connectivity index (χ1v) is 7.62. The number of aromatic amines is 1. The molecule has 0 spiro atoms. The number of anilines is 1. The van der Waals surface area contributed by atoms with Crippen molar-refractivity contribution in [3.05, 3.63) is 59.3 Å². The molecule has 6 heteroatoms. The van der Waals surface area contributed by atoms with Gasteiger partial charge in [-0.05, 0) is 31.0 Å². The number of fused-ring (bicyclic) bond motifs is 1. The van der Waals surface area contributed by atoms with Gasteiger partial charge < -0.3 is 10.6 Å². The predicted octanol–water partition coefficient (Wildman–Crippen LogP) is 2.55. The van der Waals surface area contributed by atoms with Crippen molar-refractivity contribution < 1.29 is 9.59 Å². The third-order valence-electron chi connectivity index (χ3n) is 3.88. The number of aromatic nitrogens is 2. The number of para-hydroxylation sites is 2. The Morgan fingerprint density at radius 1 is 1.08 bits per heavy atom. The first kappa shape index (κ1) is 15.7. The minimum absolute atomic E-state index is 0.100. The highest BCUT2D eigenvalue weighted by Gasteiger charge is 2.13. The number of H-pyrrole nitrogens is 1. The van der Waals surface area contributed by atoms with Gasteiger partial charge in [-0.15, -0.1) is 0 Å². The van der Waals surface area contributed by atoms with Crippen LogP contribution in [0, 0.1) is 13.8 Å². The topological polar surface area (TPSA) is 86.9 Å². The van der Waals surface area contributed by atoms with Crippen molar-refractivity contribution in [3.63, 3.8) is 0 Å². The lowest BCUT2D eigenvalue weighted by molar-refractivity contribution is -0.115. The number of hydrogen-bond donors (Lipinski definition) is 3. The Balaban J connectivity index is 1.66. The Labute approximate surface area is 139 Å². The lowest BCUT2D eigenvalue weighted by atomic mass is 10.1. The van der Waals surface area contributed by atoms with Crippen molar-refractivity contribution in [1.29, 1.82) is 0 Å². The number of carbonyl (C=O) groups is 2. The number of rotatable bonds is 4. The number of benzene rings is 2. The molecule has 0 saturated carbocycles. The summed E-state index contributed by atoms with van der Waals surface area (Å²) < 4.78 is 0. The van der Waals surface area contributed by atoms with Crippen molar-refractivity contribution in [1.82, 2.24) is 15.5 Å². The molecule has 2 aromatic carbocycles. The molecule has 0 fully saturated rings. The quantitative estimate of drug-likeness (QED) is 0.690. The number of nitrogens with one attached hydrogen (secondary N) is 3. The maximum atomic E-state index is 12.3. The second kappa shape index (κ2) is 6.54. The first-order chi connectivity index (χ1) is 11.6. The molecule has 6 nitrogen and oxygen atoms in total. The van der Waals surface area contributed by atoms with Crippen molar-refractivity contribution in [2.45, 2.75) is 13.8 Å². The Bertz CT molecular complexity index is 894. The molecule has 0 aliphatic carbocycles. The van der Waals surface area contributed by atoms with Gasteiger partial charge in [-0.3, -0.25) is 14.7 Å². The number of hydrogen-bond acceptors (Lipinski definition) is 3. The highest BCUT2D eigenvalue weighted by atomic mass is 16.2. The molecular weight excluding hydrogens is 304 g/mol. The zero-order valence-electron chi connectivity index (χ0n) is 13.5. The monoisotopic (exact) mass is 322 g/mol. The smallest absolute Gasteiger partial charge is 0.253 e. The predicted molar refractivity (Wildman–Crippen MR) is 93.0 cm³/mol. The van der Waals surface area contributed by atoms with Crippen molar-refractivity contribution >= 4 is 28.4 Å². The SMILES string of the molecule is Cc1cccc(C)c1NC(=O)CNC(=O)c1cccc2cn[nH]c12. The van der Waals surface area contributed by atoms with E-state index >= 15 is 0 Å². The maximum absolute atomic E-state index is 12.3. The van der Waals surface area contributed by atoms with Gasteiger partial charge in [0, 0.05) is 11.1 Å². The number of aryl methyl sites for hydroxylation is 2. The van der Waals surface area contributed by atoms with Gasteiger partial charge in [0.2, 0.25) is 5.91 Å². The van der Waals surface area contributed by atoms with Crippen LogP contribution in [-0.4, -0.2) is 28.6 Å². The molecule has 0 unspecified atom stereocenters. The van der Waals surface area contributed by atoms with Crippen LogP contribution in [0.2, 0.25) is 0 Å². The van der Waals surface area contributed by atoms with E-state index in [1.54, 1.807) is 18.3 Å². The van der Waals surface area contributed by atoms with Crippen LogP contribution in [-0.2, 0) is 4.79 Å². The van der Waals surface area contributed by atoms with Gasteiger partial charge in [-0.2, -0.15) is 5.10 Å². The normalized spacial score (nSPS) is 10.6. The maximum Gasteiger partial charge on any atom is 0.253 e.